The number of aromatic nitrogens is 4. The van der Waals surface area contributed by atoms with Crippen molar-refractivity contribution in [3.63, 3.8) is 0 Å². The predicted octanol–water partition coefficient (Wildman–Crippen LogP) is 2.69. The normalized spacial score (nSPS) is 17.4. The van der Waals surface area contributed by atoms with Gasteiger partial charge >= 0.3 is 0 Å². The molecule has 3 aromatic rings. The molecule has 2 aromatic heterocycles. The van der Waals surface area contributed by atoms with Crippen molar-refractivity contribution in [3.05, 3.63) is 66.1 Å². The Morgan fingerprint density at radius 3 is 2.61 bits per heavy atom. The van der Waals surface area contributed by atoms with Crippen LogP contribution in [0.1, 0.15) is 47.2 Å². The Morgan fingerprint density at radius 1 is 1.16 bits per heavy atom. The van der Waals surface area contributed by atoms with Crippen molar-refractivity contribution in [1.29, 1.82) is 0 Å². The molecule has 162 valence electrons. The molecule has 0 aliphatic carbocycles. The smallest absolute Gasteiger partial charge is 0.262 e. The number of nitrogens with zero attached hydrogens (tertiary/aromatic N) is 5. The lowest BCUT2D eigenvalue weighted by atomic mass is 10.0. The van der Waals surface area contributed by atoms with Crippen molar-refractivity contribution in [3.8, 4) is 0 Å². The van der Waals surface area contributed by atoms with Crippen molar-refractivity contribution in [1.82, 2.24) is 23.8 Å². The molecule has 4 rings (SSSR count). The van der Waals surface area contributed by atoms with Crippen molar-refractivity contribution in [2.75, 3.05) is 11.9 Å². The number of amides is 1. The van der Waals surface area contributed by atoms with Gasteiger partial charge in [0.1, 0.15) is 5.82 Å². The Hall–Kier alpha value is -3.11. The fraction of sp³-hybridized carbons (Fsp3) is 0.333. The van der Waals surface area contributed by atoms with Crippen LogP contribution in [0.2, 0.25) is 0 Å². The summed E-state index contributed by atoms with van der Waals surface area (Å²) in [5.41, 5.74) is 1.53. The van der Waals surface area contributed by atoms with E-state index in [4.69, 9.17) is 0 Å². The Bertz CT molecular complexity index is 1190. The first-order valence-electron chi connectivity index (χ1n) is 10.1. The zero-order chi connectivity index (χ0) is 22.0. The van der Waals surface area contributed by atoms with E-state index in [1.807, 2.05) is 18.2 Å². The van der Waals surface area contributed by atoms with Crippen molar-refractivity contribution in [2.45, 2.75) is 37.3 Å². The second-order valence-corrected chi connectivity index (χ2v) is 9.39. The number of sulfonamides is 1. The second-order valence-electron chi connectivity index (χ2n) is 7.55. The Labute approximate surface area is 181 Å². The van der Waals surface area contributed by atoms with E-state index in [2.05, 4.69) is 20.3 Å². The maximum absolute atomic E-state index is 13.2. The summed E-state index contributed by atoms with van der Waals surface area (Å²) in [5, 5.41) is 2.83. The summed E-state index contributed by atoms with van der Waals surface area (Å²) >= 11 is 0. The Morgan fingerprint density at radius 2 is 1.94 bits per heavy atom. The lowest BCUT2D eigenvalue weighted by molar-refractivity contribution is 0.102. The highest BCUT2D eigenvalue weighted by Crippen LogP contribution is 2.33. The van der Waals surface area contributed by atoms with Gasteiger partial charge in [-0.05, 0) is 31.9 Å². The van der Waals surface area contributed by atoms with Gasteiger partial charge in [-0.2, -0.15) is 4.31 Å². The van der Waals surface area contributed by atoms with Crippen LogP contribution in [-0.4, -0.2) is 44.7 Å². The maximum Gasteiger partial charge on any atom is 0.262 e. The molecule has 1 aliphatic heterocycles. The first-order chi connectivity index (χ1) is 14.9. The summed E-state index contributed by atoms with van der Waals surface area (Å²) < 4.78 is 29.4. The van der Waals surface area contributed by atoms with Gasteiger partial charge in [0.2, 0.25) is 0 Å². The van der Waals surface area contributed by atoms with Gasteiger partial charge < -0.3 is 9.88 Å². The van der Waals surface area contributed by atoms with Gasteiger partial charge in [0, 0.05) is 31.7 Å². The number of aryl methyl sites for hydroxylation is 2. The number of carbonyl (C=O) groups is 1. The first-order valence-corrected chi connectivity index (χ1v) is 11.5. The molecule has 1 saturated heterocycles. The number of nitrogens with one attached hydrogen (secondary N) is 1. The van der Waals surface area contributed by atoms with E-state index in [9.17, 15) is 13.2 Å². The van der Waals surface area contributed by atoms with Crippen LogP contribution in [0.4, 0.5) is 5.69 Å². The van der Waals surface area contributed by atoms with Gasteiger partial charge in [-0.1, -0.05) is 24.6 Å². The molecule has 10 heteroatoms. The number of hydrogen-bond acceptors (Lipinski definition) is 6. The van der Waals surface area contributed by atoms with Gasteiger partial charge in [-0.15, -0.1) is 0 Å². The van der Waals surface area contributed by atoms with Crippen LogP contribution in [0.3, 0.4) is 0 Å². The fourth-order valence-corrected chi connectivity index (χ4v) is 5.31. The van der Waals surface area contributed by atoms with Gasteiger partial charge in [-0.25, -0.2) is 23.4 Å². The molecule has 3 heterocycles. The monoisotopic (exact) mass is 440 g/mol. The summed E-state index contributed by atoms with van der Waals surface area (Å²) in [5.74, 6) is 0.0878. The van der Waals surface area contributed by atoms with E-state index in [0.29, 0.717) is 35.7 Å². The molecule has 1 aliphatic rings. The number of hydrogen-bond donors (Lipinski definition) is 1. The summed E-state index contributed by atoms with van der Waals surface area (Å²) in [6, 6.07) is 8.64. The minimum absolute atomic E-state index is 0.0116. The third-order valence-corrected chi connectivity index (χ3v) is 7.07. The molecule has 0 spiro atoms. The largest absolute Gasteiger partial charge is 0.339 e. The molecule has 1 N–H and O–H groups in total. The molecule has 1 aromatic carbocycles. The third kappa shape index (κ3) is 4.35. The molecular weight excluding hydrogens is 416 g/mol. The standard InChI is InChI=1S/C21H24N6O3S/c1-15-17(21(28)25-16-8-4-3-5-9-16)12-22-20(24-15)18-10-6-7-11-27(18)31(29,30)19-13-26(2)14-23-19/h3-5,8-9,12-14,18H,6-7,10-11H2,1-2H3,(H,25,28)/t18-/m0/s1. The third-order valence-electron chi connectivity index (χ3n) is 5.28. The average molecular weight is 441 g/mol. The molecule has 0 saturated carbocycles. The number of rotatable bonds is 5. The number of imidazole rings is 1. The molecule has 0 radical (unpaired) electrons. The number of anilines is 1. The van der Waals surface area contributed by atoms with Gasteiger partial charge in [0.25, 0.3) is 15.9 Å². The molecular formula is C21H24N6O3S. The van der Waals surface area contributed by atoms with Crippen molar-refractivity contribution in [2.24, 2.45) is 7.05 Å². The van der Waals surface area contributed by atoms with Crippen LogP contribution in [0, 0.1) is 6.92 Å². The molecule has 1 fully saturated rings. The van der Waals surface area contributed by atoms with Crippen LogP contribution in [0.15, 0.2) is 54.1 Å². The minimum atomic E-state index is -3.78. The van der Waals surface area contributed by atoms with Crippen molar-refractivity contribution >= 4 is 21.6 Å². The van der Waals surface area contributed by atoms with Crippen LogP contribution < -0.4 is 5.32 Å². The lowest BCUT2D eigenvalue weighted by Crippen LogP contribution is -2.39. The molecule has 1 amide bonds. The van der Waals surface area contributed by atoms with Crippen LogP contribution in [0.5, 0.6) is 0 Å². The molecule has 1 atom stereocenters. The molecule has 0 unspecified atom stereocenters. The summed E-state index contributed by atoms with van der Waals surface area (Å²) in [7, 11) is -2.05. The van der Waals surface area contributed by atoms with E-state index < -0.39 is 16.1 Å². The van der Waals surface area contributed by atoms with E-state index in [-0.39, 0.29) is 10.9 Å². The number of para-hydroxylation sites is 1. The zero-order valence-corrected chi connectivity index (χ0v) is 18.2. The van der Waals surface area contributed by atoms with E-state index in [1.54, 1.807) is 30.7 Å². The Kier molecular flexibility index (Phi) is 5.84. The van der Waals surface area contributed by atoms with Crippen LogP contribution in [0.25, 0.3) is 0 Å². The van der Waals surface area contributed by atoms with Crippen LogP contribution in [-0.2, 0) is 17.1 Å². The Balaban J connectivity index is 1.60. The van der Waals surface area contributed by atoms with E-state index in [1.165, 1.54) is 23.0 Å². The topological polar surface area (TPSA) is 110 Å². The SMILES string of the molecule is Cc1nc([C@@H]2CCCCN2S(=O)(=O)c2cn(C)cn2)ncc1C(=O)Nc1ccccc1. The van der Waals surface area contributed by atoms with Gasteiger partial charge in [0.05, 0.1) is 23.6 Å². The highest BCUT2D eigenvalue weighted by Gasteiger charge is 2.37. The quantitative estimate of drug-likeness (QED) is 0.653. The fourth-order valence-electron chi connectivity index (χ4n) is 3.68. The summed E-state index contributed by atoms with van der Waals surface area (Å²) in [6.45, 7) is 2.10. The molecule has 9 nitrogen and oxygen atoms in total. The van der Waals surface area contributed by atoms with Gasteiger partial charge in [-0.3, -0.25) is 4.79 Å². The second kappa shape index (κ2) is 8.56. The minimum Gasteiger partial charge on any atom is -0.339 e. The first kappa shape index (κ1) is 21.1. The summed E-state index contributed by atoms with van der Waals surface area (Å²) in [6.07, 6.45) is 6.67. The predicted molar refractivity (Wildman–Crippen MR) is 115 cm³/mol. The number of carbonyl (C=O) groups excluding carboxylic acids is 1. The maximum atomic E-state index is 13.2. The van der Waals surface area contributed by atoms with E-state index >= 15 is 0 Å². The zero-order valence-electron chi connectivity index (χ0n) is 17.4. The highest BCUT2D eigenvalue weighted by molar-refractivity contribution is 7.89. The summed E-state index contributed by atoms with van der Waals surface area (Å²) in [4.78, 5) is 25.6. The number of piperidine rings is 1. The van der Waals surface area contributed by atoms with Crippen molar-refractivity contribution < 1.29 is 13.2 Å². The van der Waals surface area contributed by atoms with Gasteiger partial charge in [0.15, 0.2) is 5.03 Å². The average Bonchev–Trinajstić information content (AvgIpc) is 3.21. The van der Waals surface area contributed by atoms with E-state index in [0.717, 1.165) is 12.8 Å². The lowest BCUT2D eigenvalue weighted by Gasteiger charge is -2.33. The van der Waals surface area contributed by atoms with Crippen LogP contribution >= 0.6 is 0 Å². The molecule has 0 bridgehead atoms. The molecule has 31 heavy (non-hydrogen) atoms. The highest BCUT2D eigenvalue weighted by atomic mass is 32.2. The number of benzene rings is 1.